The molecular formula is C10H24. The van der Waals surface area contributed by atoms with Gasteiger partial charge in [-0.25, -0.2) is 0 Å². The molecule has 0 saturated carbocycles. The van der Waals surface area contributed by atoms with Gasteiger partial charge in [0.05, 0.1) is 0 Å². The molecule has 0 heteroatoms. The molecule has 0 unspecified atom stereocenters. The third kappa shape index (κ3) is 1040. The summed E-state index contributed by atoms with van der Waals surface area (Å²) in [5, 5.41) is 0. The Morgan fingerprint density at radius 3 is 0.900 bits per heavy atom. The maximum Gasteiger partial charge on any atom is -0.0564 e. The SMILES string of the molecule is C.C#C.CCC.CCCC. The zero-order valence-corrected chi connectivity index (χ0v) is 7.28. The Morgan fingerprint density at radius 2 is 0.900 bits per heavy atom. The first kappa shape index (κ1) is 22.7. The molecule has 0 nitrogen and oxygen atoms in total. The molecule has 0 spiro atoms. The van der Waals surface area contributed by atoms with Crippen LogP contribution in [0.2, 0.25) is 0 Å². The van der Waals surface area contributed by atoms with Crippen LogP contribution in [0, 0.1) is 12.8 Å². The Balaban J connectivity index is -0.0000000273. The molecule has 0 saturated heterocycles. The fourth-order valence-corrected chi connectivity index (χ4v) is 0. The lowest BCUT2D eigenvalue weighted by atomic mass is 10.4. The molecule has 0 amide bonds. The van der Waals surface area contributed by atoms with Crippen molar-refractivity contribution in [1.29, 1.82) is 0 Å². The smallest absolute Gasteiger partial charge is 0.0564 e. The second kappa shape index (κ2) is 74.7. The highest BCUT2D eigenvalue weighted by Crippen LogP contribution is 1.76. The van der Waals surface area contributed by atoms with E-state index in [1.807, 2.05) is 0 Å². The van der Waals surface area contributed by atoms with Gasteiger partial charge in [0, 0.05) is 0 Å². The van der Waals surface area contributed by atoms with Crippen LogP contribution < -0.4 is 0 Å². The average molecular weight is 144 g/mol. The van der Waals surface area contributed by atoms with Gasteiger partial charge in [-0.05, 0) is 0 Å². The second-order valence-corrected chi connectivity index (χ2v) is 1.71. The van der Waals surface area contributed by atoms with Crippen LogP contribution in [0.4, 0.5) is 0 Å². The van der Waals surface area contributed by atoms with Crippen molar-refractivity contribution in [3.63, 3.8) is 0 Å². The Kier molecular flexibility index (Phi) is 169. The summed E-state index contributed by atoms with van der Waals surface area (Å²) >= 11 is 0. The highest BCUT2D eigenvalue weighted by Gasteiger charge is 1.56. The van der Waals surface area contributed by atoms with Crippen molar-refractivity contribution in [3.05, 3.63) is 0 Å². The van der Waals surface area contributed by atoms with Crippen molar-refractivity contribution in [2.45, 2.75) is 54.4 Å². The molecule has 10 heavy (non-hydrogen) atoms. The van der Waals surface area contributed by atoms with Gasteiger partial charge in [0.2, 0.25) is 0 Å². The molecule has 0 radical (unpaired) electrons. The van der Waals surface area contributed by atoms with Gasteiger partial charge in [-0.15, -0.1) is 12.8 Å². The molecule has 0 N–H and O–H groups in total. The maximum atomic E-state index is 4.00. The largest absolute Gasteiger partial charge is 0.124 e. The third-order valence-electron chi connectivity index (χ3n) is 0.500. The Bertz CT molecular complexity index is 24.3. The summed E-state index contributed by atoms with van der Waals surface area (Å²) < 4.78 is 0. The van der Waals surface area contributed by atoms with Gasteiger partial charge in [-0.2, -0.15) is 0 Å². The summed E-state index contributed by atoms with van der Waals surface area (Å²) in [5.41, 5.74) is 0. The Hall–Kier alpha value is -0.440. The van der Waals surface area contributed by atoms with E-state index in [2.05, 4.69) is 40.5 Å². The summed E-state index contributed by atoms with van der Waals surface area (Å²) in [6.07, 6.45) is 11.9. The predicted molar refractivity (Wildman–Crippen MR) is 53.2 cm³/mol. The van der Waals surface area contributed by atoms with Crippen molar-refractivity contribution in [1.82, 2.24) is 0 Å². The van der Waals surface area contributed by atoms with Crippen LogP contribution in [0.15, 0.2) is 0 Å². The fourth-order valence-electron chi connectivity index (χ4n) is 0. The first-order chi connectivity index (χ1) is 4.33. The topological polar surface area (TPSA) is 0 Å². The van der Waals surface area contributed by atoms with Gasteiger partial charge < -0.3 is 0 Å². The van der Waals surface area contributed by atoms with Gasteiger partial charge in [0.1, 0.15) is 0 Å². The monoisotopic (exact) mass is 144 g/mol. The molecule has 0 atom stereocenters. The van der Waals surface area contributed by atoms with Gasteiger partial charge in [-0.3, -0.25) is 0 Å². The predicted octanol–water partition coefficient (Wildman–Crippen LogP) is 4.11. The summed E-state index contributed by atoms with van der Waals surface area (Å²) in [7, 11) is 0. The van der Waals surface area contributed by atoms with E-state index in [0.29, 0.717) is 0 Å². The normalized spacial score (nSPS) is 5.00. The molecule has 0 aromatic rings. The number of rotatable bonds is 1. The molecule has 0 aliphatic heterocycles. The van der Waals surface area contributed by atoms with E-state index in [1.54, 1.807) is 0 Å². The van der Waals surface area contributed by atoms with E-state index in [0.717, 1.165) is 0 Å². The molecule has 0 aromatic carbocycles. The lowest BCUT2D eigenvalue weighted by Gasteiger charge is -1.68. The molecule has 64 valence electrons. The van der Waals surface area contributed by atoms with E-state index in [9.17, 15) is 0 Å². The van der Waals surface area contributed by atoms with Gasteiger partial charge in [0.15, 0.2) is 0 Å². The number of hydrogen-bond acceptors (Lipinski definition) is 0. The van der Waals surface area contributed by atoms with Gasteiger partial charge in [0.25, 0.3) is 0 Å². The summed E-state index contributed by atoms with van der Waals surface area (Å²) in [6, 6.07) is 0. The van der Waals surface area contributed by atoms with E-state index < -0.39 is 0 Å². The van der Waals surface area contributed by atoms with Crippen LogP contribution in [0.1, 0.15) is 54.4 Å². The minimum atomic E-state index is 0. The number of terminal acetylenes is 1. The zero-order chi connectivity index (χ0) is 8.12. The standard InChI is InChI=1S/C4H10.C3H8.C2H2.CH4/c1-3-4-2;1-3-2;1-2;/h3-4H2,1-2H3;3H2,1-2H3;1-2H;1H4. The minimum absolute atomic E-state index is 0. The van der Waals surface area contributed by atoms with Crippen molar-refractivity contribution in [2.24, 2.45) is 0 Å². The molecule has 0 aliphatic rings. The van der Waals surface area contributed by atoms with Crippen LogP contribution in [-0.2, 0) is 0 Å². The molecule has 0 bridgehead atoms. The fraction of sp³-hybridized carbons (Fsp3) is 0.800. The number of unbranched alkanes of at least 4 members (excludes halogenated alkanes) is 1. The van der Waals surface area contributed by atoms with E-state index in [4.69, 9.17) is 0 Å². The van der Waals surface area contributed by atoms with Gasteiger partial charge >= 0.3 is 0 Å². The molecule has 0 rings (SSSR count). The van der Waals surface area contributed by atoms with E-state index >= 15 is 0 Å². The summed E-state index contributed by atoms with van der Waals surface area (Å²) in [5.74, 6) is 0. The van der Waals surface area contributed by atoms with Crippen LogP contribution in [-0.4, -0.2) is 0 Å². The van der Waals surface area contributed by atoms with Crippen LogP contribution in [0.25, 0.3) is 0 Å². The van der Waals surface area contributed by atoms with Crippen LogP contribution >= 0.6 is 0 Å². The van der Waals surface area contributed by atoms with Crippen molar-refractivity contribution >= 4 is 0 Å². The van der Waals surface area contributed by atoms with Crippen LogP contribution in [0.3, 0.4) is 0 Å². The zero-order valence-electron chi connectivity index (χ0n) is 7.28. The van der Waals surface area contributed by atoms with E-state index in [-0.39, 0.29) is 7.43 Å². The first-order valence-corrected chi connectivity index (χ1v) is 3.66. The molecule has 0 heterocycles. The van der Waals surface area contributed by atoms with Gasteiger partial charge in [-0.1, -0.05) is 54.4 Å². The first-order valence-electron chi connectivity index (χ1n) is 3.66. The van der Waals surface area contributed by atoms with Crippen molar-refractivity contribution in [3.8, 4) is 12.8 Å². The highest BCUT2D eigenvalue weighted by atomic mass is 13.6. The molecule has 0 aliphatic carbocycles. The van der Waals surface area contributed by atoms with Crippen molar-refractivity contribution < 1.29 is 0 Å². The minimum Gasteiger partial charge on any atom is -0.124 e. The molecular weight excluding hydrogens is 120 g/mol. The van der Waals surface area contributed by atoms with Crippen molar-refractivity contribution in [2.75, 3.05) is 0 Å². The summed E-state index contributed by atoms with van der Waals surface area (Å²) in [4.78, 5) is 0. The molecule has 0 fully saturated rings. The Morgan fingerprint density at radius 1 is 0.800 bits per heavy atom. The Labute approximate surface area is 68.0 Å². The lowest BCUT2D eigenvalue weighted by Crippen LogP contribution is -1.47. The summed E-state index contributed by atoms with van der Waals surface area (Å²) in [6.45, 7) is 8.61. The molecule has 0 aromatic heterocycles. The maximum absolute atomic E-state index is 4.00. The quantitative estimate of drug-likeness (QED) is 0.486. The second-order valence-electron chi connectivity index (χ2n) is 1.71. The lowest BCUT2D eigenvalue weighted by molar-refractivity contribution is 0.886. The average Bonchev–Trinajstić information content (AvgIpc) is 1.94. The van der Waals surface area contributed by atoms with E-state index in [1.165, 1.54) is 19.3 Å². The van der Waals surface area contributed by atoms with Crippen LogP contribution in [0.5, 0.6) is 0 Å². The third-order valence-corrected chi connectivity index (χ3v) is 0.500. The number of hydrogen-bond donors (Lipinski definition) is 0. The highest BCUT2D eigenvalue weighted by molar-refractivity contribution is 4.47.